The van der Waals surface area contributed by atoms with Crippen molar-refractivity contribution in [3.8, 4) is 0 Å². The Morgan fingerprint density at radius 2 is 2.50 bits per heavy atom. The van der Waals surface area contributed by atoms with Crippen LogP contribution in [0.4, 0.5) is 0 Å². The maximum atomic E-state index is 4.44. The highest BCUT2D eigenvalue weighted by molar-refractivity contribution is 5.95. The van der Waals surface area contributed by atoms with Crippen LogP contribution in [-0.2, 0) is 0 Å². The van der Waals surface area contributed by atoms with E-state index in [1.54, 1.807) is 0 Å². The molecular formula is C9H13N. The predicted octanol–water partition coefficient (Wildman–Crippen LogP) is 2.35. The second kappa shape index (κ2) is 2.41. The van der Waals surface area contributed by atoms with Crippen molar-refractivity contribution in [3.05, 3.63) is 24.8 Å². The van der Waals surface area contributed by atoms with Gasteiger partial charge in [0.05, 0.1) is 5.54 Å². The first-order valence-electron chi connectivity index (χ1n) is 3.53. The largest absolute Gasteiger partial charge is 0.279 e. The molecule has 0 aromatic rings. The van der Waals surface area contributed by atoms with Crippen LogP contribution >= 0.6 is 0 Å². The first kappa shape index (κ1) is 7.26. The predicted molar refractivity (Wildman–Crippen MR) is 45.5 cm³/mol. The molecule has 0 saturated carbocycles. The monoisotopic (exact) mass is 135 g/mol. The number of hydrogen-bond donors (Lipinski definition) is 0. The van der Waals surface area contributed by atoms with E-state index in [-0.39, 0.29) is 5.54 Å². The zero-order valence-corrected chi connectivity index (χ0v) is 6.59. The van der Waals surface area contributed by atoms with Gasteiger partial charge in [0.1, 0.15) is 0 Å². The Balaban J connectivity index is 2.73. The fourth-order valence-corrected chi connectivity index (χ4v) is 1.18. The van der Waals surface area contributed by atoms with E-state index in [0.717, 1.165) is 12.1 Å². The van der Waals surface area contributed by atoms with E-state index in [1.165, 1.54) is 0 Å². The lowest BCUT2D eigenvalue weighted by molar-refractivity contribution is 0.609. The molecule has 0 fully saturated rings. The quantitative estimate of drug-likeness (QED) is 0.515. The van der Waals surface area contributed by atoms with E-state index >= 15 is 0 Å². The van der Waals surface area contributed by atoms with Crippen LogP contribution in [0.1, 0.15) is 20.3 Å². The Morgan fingerprint density at radius 3 is 2.90 bits per heavy atom. The van der Waals surface area contributed by atoms with Crippen LogP contribution in [0.15, 0.2) is 29.8 Å². The molecule has 0 aliphatic carbocycles. The van der Waals surface area contributed by atoms with E-state index in [4.69, 9.17) is 0 Å². The van der Waals surface area contributed by atoms with Gasteiger partial charge in [0, 0.05) is 5.71 Å². The van der Waals surface area contributed by atoms with Gasteiger partial charge in [0.15, 0.2) is 0 Å². The average molecular weight is 135 g/mol. The highest BCUT2D eigenvalue weighted by atomic mass is 14.9. The van der Waals surface area contributed by atoms with Gasteiger partial charge in [-0.2, -0.15) is 0 Å². The van der Waals surface area contributed by atoms with Crippen LogP contribution in [0.5, 0.6) is 0 Å². The standard InChI is InChI=1S/C9H13N/c1-4-6-9(3)7-5-8(2)10-9/h4-5,7H,1,6H2,2-3H3. The third-order valence-electron chi connectivity index (χ3n) is 1.67. The van der Waals surface area contributed by atoms with E-state index < -0.39 is 0 Å². The molecule has 0 aromatic heterocycles. The average Bonchev–Trinajstić information content (AvgIpc) is 2.12. The molecule has 10 heavy (non-hydrogen) atoms. The molecule has 1 aliphatic heterocycles. The molecular weight excluding hydrogens is 122 g/mol. The van der Waals surface area contributed by atoms with Gasteiger partial charge in [0.25, 0.3) is 0 Å². The molecule has 1 heteroatoms. The van der Waals surface area contributed by atoms with Crippen LogP contribution in [0.25, 0.3) is 0 Å². The minimum Gasteiger partial charge on any atom is -0.279 e. The summed E-state index contributed by atoms with van der Waals surface area (Å²) >= 11 is 0. The molecule has 1 nitrogen and oxygen atoms in total. The van der Waals surface area contributed by atoms with Crippen molar-refractivity contribution in [1.82, 2.24) is 0 Å². The molecule has 0 amide bonds. The maximum Gasteiger partial charge on any atom is 0.0800 e. The van der Waals surface area contributed by atoms with E-state index in [1.807, 2.05) is 13.0 Å². The first-order chi connectivity index (χ1) is 4.66. The molecule has 1 rings (SSSR count). The summed E-state index contributed by atoms with van der Waals surface area (Å²) in [5.41, 5.74) is 1.12. The van der Waals surface area contributed by atoms with Crippen LogP contribution in [-0.4, -0.2) is 11.3 Å². The van der Waals surface area contributed by atoms with Crippen molar-refractivity contribution >= 4 is 5.71 Å². The summed E-state index contributed by atoms with van der Waals surface area (Å²) < 4.78 is 0. The lowest BCUT2D eigenvalue weighted by Crippen LogP contribution is -2.14. The summed E-state index contributed by atoms with van der Waals surface area (Å²) in [6.07, 6.45) is 7.03. The van der Waals surface area contributed by atoms with Gasteiger partial charge in [-0.05, 0) is 26.3 Å². The Kier molecular flexibility index (Phi) is 1.75. The van der Waals surface area contributed by atoms with Crippen LogP contribution in [0.3, 0.4) is 0 Å². The molecule has 0 bridgehead atoms. The fraction of sp³-hybridized carbons (Fsp3) is 0.444. The Bertz CT molecular complexity index is 201. The molecule has 0 spiro atoms. The van der Waals surface area contributed by atoms with Gasteiger partial charge < -0.3 is 0 Å². The molecule has 0 radical (unpaired) electrons. The van der Waals surface area contributed by atoms with Gasteiger partial charge in [-0.1, -0.05) is 12.2 Å². The maximum absolute atomic E-state index is 4.44. The molecule has 1 heterocycles. The van der Waals surface area contributed by atoms with Crippen molar-refractivity contribution in [2.75, 3.05) is 0 Å². The highest BCUT2D eigenvalue weighted by Gasteiger charge is 2.20. The summed E-state index contributed by atoms with van der Waals surface area (Å²) in [7, 11) is 0. The molecule has 1 atom stereocenters. The molecule has 0 N–H and O–H groups in total. The summed E-state index contributed by atoms with van der Waals surface area (Å²) in [6, 6.07) is 0. The summed E-state index contributed by atoms with van der Waals surface area (Å²) in [5.74, 6) is 0. The van der Waals surface area contributed by atoms with Crippen molar-refractivity contribution in [2.24, 2.45) is 4.99 Å². The second-order valence-electron chi connectivity index (χ2n) is 2.94. The first-order valence-corrected chi connectivity index (χ1v) is 3.53. The summed E-state index contributed by atoms with van der Waals surface area (Å²) in [6.45, 7) is 7.82. The molecule has 0 saturated heterocycles. The molecule has 0 aromatic carbocycles. The van der Waals surface area contributed by atoms with Gasteiger partial charge in [-0.3, -0.25) is 4.99 Å². The number of aliphatic imine (C=N–C) groups is 1. The zero-order chi connectivity index (χ0) is 7.61. The third-order valence-corrected chi connectivity index (χ3v) is 1.67. The molecule has 1 aliphatic rings. The van der Waals surface area contributed by atoms with Crippen LogP contribution in [0, 0.1) is 0 Å². The number of nitrogens with zero attached hydrogens (tertiary/aromatic N) is 1. The minimum absolute atomic E-state index is 0.00579. The van der Waals surface area contributed by atoms with E-state index in [0.29, 0.717) is 0 Å². The topological polar surface area (TPSA) is 12.4 Å². The minimum atomic E-state index is 0.00579. The number of allylic oxidation sites excluding steroid dienone is 1. The van der Waals surface area contributed by atoms with E-state index in [2.05, 4.69) is 30.6 Å². The van der Waals surface area contributed by atoms with E-state index in [9.17, 15) is 0 Å². The van der Waals surface area contributed by atoms with Gasteiger partial charge >= 0.3 is 0 Å². The fourth-order valence-electron chi connectivity index (χ4n) is 1.18. The number of rotatable bonds is 2. The van der Waals surface area contributed by atoms with Gasteiger partial charge in [-0.15, -0.1) is 6.58 Å². The second-order valence-corrected chi connectivity index (χ2v) is 2.94. The Morgan fingerprint density at radius 1 is 1.80 bits per heavy atom. The lowest BCUT2D eigenvalue weighted by atomic mass is 10.0. The lowest BCUT2D eigenvalue weighted by Gasteiger charge is -2.14. The normalized spacial score (nSPS) is 30.4. The smallest absolute Gasteiger partial charge is 0.0800 e. The summed E-state index contributed by atoms with van der Waals surface area (Å²) in [5, 5.41) is 0. The van der Waals surface area contributed by atoms with Crippen molar-refractivity contribution in [3.63, 3.8) is 0 Å². The molecule has 54 valence electrons. The summed E-state index contributed by atoms with van der Waals surface area (Å²) in [4.78, 5) is 4.44. The van der Waals surface area contributed by atoms with Crippen LogP contribution < -0.4 is 0 Å². The van der Waals surface area contributed by atoms with Crippen LogP contribution in [0.2, 0.25) is 0 Å². The van der Waals surface area contributed by atoms with Crippen molar-refractivity contribution < 1.29 is 0 Å². The van der Waals surface area contributed by atoms with Crippen molar-refractivity contribution in [1.29, 1.82) is 0 Å². The Labute approximate surface area is 62.2 Å². The Hall–Kier alpha value is -0.850. The van der Waals surface area contributed by atoms with Gasteiger partial charge in [-0.25, -0.2) is 0 Å². The SMILES string of the molecule is C=CCC1(C)C=CC(C)=N1. The zero-order valence-electron chi connectivity index (χ0n) is 6.59. The van der Waals surface area contributed by atoms with Crippen molar-refractivity contribution in [2.45, 2.75) is 25.8 Å². The molecule has 1 unspecified atom stereocenters. The third kappa shape index (κ3) is 1.35. The highest BCUT2D eigenvalue weighted by Crippen LogP contribution is 2.22. The number of hydrogen-bond acceptors (Lipinski definition) is 1. The van der Waals surface area contributed by atoms with Gasteiger partial charge in [0.2, 0.25) is 0 Å².